The molecular weight excluding hydrogens is 252 g/mol. The molecule has 1 amide bonds. The minimum Gasteiger partial charge on any atom is -0.409 e. The summed E-state index contributed by atoms with van der Waals surface area (Å²) >= 11 is 0. The van der Waals surface area contributed by atoms with Crippen molar-refractivity contribution in [1.29, 1.82) is 0 Å². The molecule has 0 aliphatic heterocycles. The van der Waals surface area contributed by atoms with Gasteiger partial charge in [0, 0.05) is 11.8 Å². The Morgan fingerprint density at radius 2 is 2.32 bits per heavy atom. The fourth-order valence-corrected chi connectivity index (χ4v) is 1.26. The van der Waals surface area contributed by atoms with Gasteiger partial charge in [0.25, 0.3) is 5.91 Å². The third-order valence-electron chi connectivity index (χ3n) is 2.21. The number of carbonyl (C=O) groups is 1. The van der Waals surface area contributed by atoms with Crippen LogP contribution >= 0.6 is 0 Å². The zero-order valence-electron chi connectivity index (χ0n) is 9.65. The van der Waals surface area contributed by atoms with E-state index in [0.717, 1.165) is 0 Å². The summed E-state index contributed by atoms with van der Waals surface area (Å²) < 4.78 is 4.53. The first kappa shape index (κ1) is 12.5. The second-order valence-corrected chi connectivity index (χ2v) is 3.45. The fourth-order valence-electron chi connectivity index (χ4n) is 1.26. The van der Waals surface area contributed by atoms with Crippen LogP contribution in [0.25, 0.3) is 0 Å². The summed E-state index contributed by atoms with van der Waals surface area (Å²) in [6.07, 6.45) is 2.50. The van der Waals surface area contributed by atoms with Crippen LogP contribution in [-0.4, -0.2) is 32.1 Å². The molecule has 0 radical (unpaired) electrons. The number of amides is 1. The highest BCUT2D eigenvalue weighted by molar-refractivity contribution is 5.98. The summed E-state index contributed by atoms with van der Waals surface area (Å²) in [6.45, 7) is 0.138. The number of hydrogen-bond donors (Lipinski definition) is 3. The summed E-state index contributed by atoms with van der Waals surface area (Å²) in [7, 11) is 0. The lowest BCUT2D eigenvalue weighted by molar-refractivity contribution is 0.0944. The predicted molar refractivity (Wildman–Crippen MR) is 62.2 cm³/mol. The Morgan fingerprint density at radius 3 is 2.89 bits per heavy atom. The first-order valence-corrected chi connectivity index (χ1v) is 5.18. The molecule has 0 unspecified atom stereocenters. The Bertz CT molecular complexity index is 578. The maximum atomic E-state index is 11.7. The van der Waals surface area contributed by atoms with Crippen molar-refractivity contribution in [1.82, 2.24) is 20.4 Å². The molecule has 2 aromatic rings. The smallest absolute Gasteiger partial charge is 0.270 e. The third kappa shape index (κ3) is 3.03. The van der Waals surface area contributed by atoms with Gasteiger partial charge in [-0.25, -0.2) is 0 Å². The summed E-state index contributed by atoms with van der Waals surface area (Å²) in [5, 5.41) is 17.4. The highest BCUT2D eigenvalue weighted by Crippen LogP contribution is 2.00. The Kier molecular flexibility index (Phi) is 3.67. The summed E-state index contributed by atoms with van der Waals surface area (Å²) in [6, 6.07) is 2.98. The van der Waals surface area contributed by atoms with Crippen LogP contribution < -0.4 is 11.1 Å². The van der Waals surface area contributed by atoms with Gasteiger partial charge in [-0.2, -0.15) is 4.98 Å². The van der Waals surface area contributed by atoms with Crippen molar-refractivity contribution in [3.63, 3.8) is 0 Å². The zero-order chi connectivity index (χ0) is 13.7. The SMILES string of the molecule is N/C(=N/O)c1ccc(C(=O)NCc2ncon2)nc1. The van der Waals surface area contributed by atoms with Crippen molar-refractivity contribution in [2.45, 2.75) is 6.54 Å². The van der Waals surface area contributed by atoms with Crippen LogP contribution in [0.5, 0.6) is 0 Å². The second-order valence-electron chi connectivity index (χ2n) is 3.45. The number of nitrogens with zero attached hydrogens (tertiary/aromatic N) is 4. The minimum absolute atomic E-state index is 0.0775. The Labute approximate surface area is 107 Å². The van der Waals surface area contributed by atoms with E-state index < -0.39 is 5.91 Å². The predicted octanol–water partition coefficient (Wildman–Crippen LogP) is -0.511. The number of amidine groups is 1. The van der Waals surface area contributed by atoms with E-state index in [1.807, 2.05) is 0 Å². The van der Waals surface area contributed by atoms with E-state index in [-0.39, 0.29) is 18.1 Å². The van der Waals surface area contributed by atoms with Gasteiger partial charge in [0.05, 0.1) is 6.54 Å². The summed E-state index contributed by atoms with van der Waals surface area (Å²) in [4.78, 5) is 19.4. The van der Waals surface area contributed by atoms with Gasteiger partial charge in [-0.15, -0.1) is 0 Å². The van der Waals surface area contributed by atoms with Crippen molar-refractivity contribution in [2.24, 2.45) is 10.9 Å². The first-order chi connectivity index (χ1) is 9.20. The average molecular weight is 262 g/mol. The Balaban J connectivity index is 1.99. The van der Waals surface area contributed by atoms with E-state index in [4.69, 9.17) is 10.9 Å². The maximum Gasteiger partial charge on any atom is 0.270 e. The number of nitrogens with one attached hydrogen (secondary N) is 1. The zero-order valence-corrected chi connectivity index (χ0v) is 9.65. The molecule has 2 heterocycles. The van der Waals surface area contributed by atoms with Crippen molar-refractivity contribution < 1.29 is 14.5 Å². The molecule has 19 heavy (non-hydrogen) atoms. The first-order valence-electron chi connectivity index (χ1n) is 5.18. The molecule has 4 N–H and O–H groups in total. The van der Waals surface area contributed by atoms with Crippen molar-refractivity contribution in [3.05, 3.63) is 41.8 Å². The Hall–Kier alpha value is -2.97. The van der Waals surface area contributed by atoms with E-state index >= 15 is 0 Å². The quantitative estimate of drug-likeness (QED) is 0.291. The molecule has 0 saturated heterocycles. The number of hydrogen-bond acceptors (Lipinski definition) is 7. The van der Waals surface area contributed by atoms with E-state index in [1.165, 1.54) is 24.7 Å². The fraction of sp³-hybridized carbons (Fsp3) is 0.100. The molecule has 0 atom stereocenters. The van der Waals surface area contributed by atoms with Crippen LogP contribution in [0, 0.1) is 0 Å². The molecule has 0 spiro atoms. The number of aromatic nitrogens is 3. The standard InChI is InChI=1S/C10H10N6O3/c11-9(15-18)6-1-2-7(12-3-6)10(17)13-4-8-14-5-19-16-8/h1-3,5,18H,4H2,(H2,11,15)(H,13,17). The largest absolute Gasteiger partial charge is 0.409 e. The summed E-state index contributed by atoms with van der Waals surface area (Å²) in [5.41, 5.74) is 5.98. The molecule has 0 saturated carbocycles. The van der Waals surface area contributed by atoms with Gasteiger partial charge in [-0.3, -0.25) is 9.78 Å². The minimum atomic E-state index is -0.393. The highest BCUT2D eigenvalue weighted by Gasteiger charge is 2.09. The van der Waals surface area contributed by atoms with E-state index in [1.54, 1.807) is 0 Å². The van der Waals surface area contributed by atoms with E-state index in [9.17, 15) is 4.79 Å². The van der Waals surface area contributed by atoms with Gasteiger partial charge in [0.15, 0.2) is 11.7 Å². The number of carbonyl (C=O) groups excluding carboxylic acids is 1. The number of nitrogens with two attached hydrogens (primary N) is 1. The van der Waals surface area contributed by atoms with Gasteiger partial charge in [-0.1, -0.05) is 10.3 Å². The number of oxime groups is 1. The molecule has 0 bridgehead atoms. The maximum absolute atomic E-state index is 11.7. The molecule has 2 aromatic heterocycles. The molecule has 9 heteroatoms. The van der Waals surface area contributed by atoms with Crippen LogP contribution in [-0.2, 0) is 6.54 Å². The highest BCUT2D eigenvalue weighted by atomic mass is 16.5. The van der Waals surface area contributed by atoms with Crippen molar-refractivity contribution in [2.75, 3.05) is 0 Å². The summed E-state index contributed by atoms with van der Waals surface area (Å²) in [5.74, 6) is -0.108. The van der Waals surface area contributed by atoms with Crippen LogP contribution in [0.3, 0.4) is 0 Å². The van der Waals surface area contributed by atoms with Crippen LogP contribution in [0.1, 0.15) is 21.9 Å². The molecule has 0 aromatic carbocycles. The van der Waals surface area contributed by atoms with Crippen molar-refractivity contribution >= 4 is 11.7 Å². The van der Waals surface area contributed by atoms with Crippen LogP contribution in [0.2, 0.25) is 0 Å². The monoisotopic (exact) mass is 262 g/mol. The molecule has 0 fully saturated rings. The second kappa shape index (κ2) is 5.58. The van der Waals surface area contributed by atoms with Crippen LogP contribution in [0.15, 0.2) is 34.4 Å². The lowest BCUT2D eigenvalue weighted by Gasteiger charge is -2.03. The van der Waals surface area contributed by atoms with Crippen molar-refractivity contribution in [3.8, 4) is 0 Å². The molecular formula is C10H10N6O3. The molecule has 0 aliphatic rings. The number of pyridine rings is 1. The molecule has 2 rings (SSSR count). The van der Waals surface area contributed by atoms with Gasteiger partial charge in [0.2, 0.25) is 6.39 Å². The Morgan fingerprint density at radius 1 is 1.47 bits per heavy atom. The molecule has 9 nitrogen and oxygen atoms in total. The molecule has 0 aliphatic carbocycles. The van der Waals surface area contributed by atoms with Crippen LogP contribution in [0.4, 0.5) is 0 Å². The topological polar surface area (TPSA) is 140 Å². The van der Waals surface area contributed by atoms with Gasteiger partial charge < -0.3 is 20.8 Å². The van der Waals surface area contributed by atoms with Gasteiger partial charge in [0.1, 0.15) is 5.69 Å². The van der Waals surface area contributed by atoms with Gasteiger partial charge >= 0.3 is 0 Å². The number of rotatable bonds is 4. The molecule has 98 valence electrons. The normalized spacial score (nSPS) is 11.3. The lowest BCUT2D eigenvalue weighted by Crippen LogP contribution is -2.24. The van der Waals surface area contributed by atoms with E-state index in [2.05, 4.69) is 30.1 Å². The van der Waals surface area contributed by atoms with E-state index in [0.29, 0.717) is 11.4 Å². The third-order valence-corrected chi connectivity index (χ3v) is 2.21. The lowest BCUT2D eigenvalue weighted by atomic mass is 10.2. The van der Waals surface area contributed by atoms with Gasteiger partial charge in [-0.05, 0) is 12.1 Å². The average Bonchev–Trinajstić information content (AvgIpc) is 2.97.